The number of amides is 2. The predicted molar refractivity (Wildman–Crippen MR) is 78.4 cm³/mol. The molecule has 1 aromatic carbocycles. The van der Waals surface area contributed by atoms with Gasteiger partial charge in [0.05, 0.1) is 0 Å². The van der Waals surface area contributed by atoms with Crippen molar-refractivity contribution < 1.29 is 19.5 Å². The maximum Gasteiger partial charge on any atom is 0.328 e. The highest BCUT2D eigenvalue weighted by atomic mass is 16.4. The molecule has 1 unspecified atom stereocenters. The van der Waals surface area contributed by atoms with Gasteiger partial charge in [-0.1, -0.05) is 26.0 Å². The van der Waals surface area contributed by atoms with Gasteiger partial charge >= 0.3 is 5.97 Å². The molecule has 0 heterocycles. The molecule has 1 rings (SSSR count). The number of rotatable bonds is 6. The first-order valence-corrected chi connectivity index (χ1v) is 6.42. The first-order valence-electron chi connectivity index (χ1n) is 6.42. The van der Waals surface area contributed by atoms with Gasteiger partial charge < -0.3 is 16.2 Å². The Labute approximate surface area is 122 Å². The fourth-order valence-electron chi connectivity index (χ4n) is 1.74. The molecule has 0 aliphatic carbocycles. The van der Waals surface area contributed by atoms with Crippen molar-refractivity contribution in [3.8, 4) is 0 Å². The minimum atomic E-state index is -1.07. The number of nitrogens with one attached hydrogen (secondary N) is 1. The van der Waals surface area contributed by atoms with E-state index in [4.69, 9.17) is 10.8 Å². The minimum Gasteiger partial charge on any atom is -0.478 e. The van der Waals surface area contributed by atoms with Gasteiger partial charge in [-0.2, -0.15) is 0 Å². The average Bonchev–Trinajstić information content (AvgIpc) is 2.41. The highest BCUT2D eigenvalue weighted by molar-refractivity contribution is 5.98. The Morgan fingerprint density at radius 1 is 1.29 bits per heavy atom. The number of nitrogens with two attached hydrogens (primary N) is 1. The number of hydrogen-bond donors (Lipinski definition) is 3. The topological polar surface area (TPSA) is 109 Å². The Bertz CT molecular complexity index is 579. The van der Waals surface area contributed by atoms with Crippen LogP contribution in [0.2, 0.25) is 0 Å². The number of benzene rings is 1. The van der Waals surface area contributed by atoms with Gasteiger partial charge in [-0.25, -0.2) is 4.79 Å². The van der Waals surface area contributed by atoms with Crippen LogP contribution in [0.4, 0.5) is 0 Å². The Hall–Kier alpha value is -2.63. The standard InChI is InChI=1S/C15H18N2O4/c1-9(2)13(14(16)20)17-15(21)11-5-3-4-10(8-11)6-7-12(18)19/h3-9,13H,1-2H3,(H2,16,20)(H,17,21)(H,18,19)/b7-6+. The maximum atomic E-state index is 12.1. The molecule has 0 spiro atoms. The second-order valence-electron chi connectivity index (χ2n) is 4.89. The molecular formula is C15H18N2O4. The highest BCUT2D eigenvalue weighted by Crippen LogP contribution is 2.09. The molecule has 4 N–H and O–H groups in total. The highest BCUT2D eigenvalue weighted by Gasteiger charge is 2.22. The van der Waals surface area contributed by atoms with Crippen LogP contribution in [0.1, 0.15) is 29.8 Å². The zero-order valence-electron chi connectivity index (χ0n) is 11.9. The number of primary amides is 1. The first kappa shape index (κ1) is 16.4. The summed E-state index contributed by atoms with van der Waals surface area (Å²) >= 11 is 0. The lowest BCUT2D eigenvalue weighted by molar-refractivity contribution is -0.131. The number of carbonyl (C=O) groups is 3. The normalized spacial score (nSPS) is 12.3. The van der Waals surface area contributed by atoms with Crippen molar-refractivity contribution in [2.24, 2.45) is 11.7 Å². The van der Waals surface area contributed by atoms with Crippen molar-refractivity contribution >= 4 is 23.9 Å². The van der Waals surface area contributed by atoms with Crippen molar-refractivity contribution in [1.82, 2.24) is 5.32 Å². The van der Waals surface area contributed by atoms with Crippen LogP contribution in [-0.2, 0) is 9.59 Å². The first-order chi connectivity index (χ1) is 9.81. The summed E-state index contributed by atoms with van der Waals surface area (Å²) in [6.45, 7) is 3.56. The third-order valence-corrected chi connectivity index (χ3v) is 2.83. The van der Waals surface area contributed by atoms with E-state index in [2.05, 4.69) is 5.32 Å². The van der Waals surface area contributed by atoms with E-state index in [-0.39, 0.29) is 5.92 Å². The Kier molecular flexibility index (Phi) is 5.66. The van der Waals surface area contributed by atoms with Gasteiger partial charge in [0.1, 0.15) is 6.04 Å². The summed E-state index contributed by atoms with van der Waals surface area (Å²) in [5.41, 5.74) is 6.15. The van der Waals surface area contributed by atoms with Crippen LogP contribution >= 0.6 is 0 Å². The maximum absolute atomic E-state index is 12.1. The van der Waals surface area contributed by atoms with Crippen molar-refractivity contribution in [1.29, 1.82) is 0 Å². The van der Waals surface area contributed by atoms with Gasteiger partial charge in [0.2, 0.25) is 5.91 Å². The molecule has 0 bridgehead atoms. The van der Waals surface area contributed by atoms with Crippen LogP contribution in [0.25, 0.3) is 6.08 Å². The Morgan fingerprint density at radius 3 is 2.48 bits per heavy atom. The molecule has 1 aromatic rings. The third-order valence-electron chi connectivity index (χ3n) is 2.83. The van der Waals surface area contributed by atoms with Gasteiger partial charge in [-0.3, -0.25) is 9.59 Å². The monoisotopic (exact) mass is 290 g/mol. The van der Waals surface area contributed by atoms with E-state index < -0.39 is 23.8 Å². The van der Waals surface area contributed by atoms with Crippen LogP contribution in [0.5, 0.6) is 0 Å². The fraction of sp³-hybridized carbons (Fsp3) is 0.267. The molecule has 112 valence electrons. The van der Waals surface area contributed by atoms with Gasteiger partial charge in [0, 0.05) is 11.6 Å². The summed E-state index contributed by atoms with van der Waals surface area (Å²) < 4.78 is 0. The van der Waals surface area contributed by atoms with Crippen molar-refractivity contribution in [3.05, 3.63) is 41.5 Å². The molecule has 6 nitrogen and oxygen atoms in total. The summed E-state index contributed by atoms with van der Waals surface area (Å²) in [6.07, 6.45) is 2.37. The van der Waals surface area contributed by atoms with Crippen molar-refractivity contribution in [2.75, 3.05) is 0 Å². The van der Waals surface area contributed by atoms with Crippen LogP contribution in [0.15, 0.2) is 30.3 Å². The smallest absolute Gasteiger partial charge is 0.328 e. The van der Waals surface area contributed by atoms with E-state index in [9.17, 15) is 14.4 Å². The lowest BCUT2D eigenvalue weighted by Gasteiger charge is -2.19. The molecule has 0 aromatic heterocycles. The number of carboxylic acids is 1. The van der Waals surface area contributed by atoms with Gasteiger partial charge in [-0.05, 0) is 29.7 Å². The lowest BCUT2D eigenvalue weighted by atomic mass is 10.0. The quantitative estimate of drug-likeness (QED) is 0.679. The Morgan fingerprint density at radius 2 is 1.95 bits per heavy atom. The summed E-state index contributed by atoms with van der Waals surface area (Å²) in [6, 6.07) is 5.66. The van der Waals surface area contributed by atoms with E-state index >= 15 is 0 Å². The Balaban J connectivity index is 2.90. The summed E-state index contributed by atoms with van der Waals surface area (Å²) in [7, 11) is 0. The van der Waals surface area contributed by atoms with Gasteiger partial charge in [0.15, 0.2) is 0 Å². The number of carboxylic acid groups (broad SMARTS) is 1. The molecule has 2 amide bonds. The molecule has 1 atom stereocenters. The van der Waals surface area contributed by atoms with Crippen LogP contribution < -0.4 is 11.1 Å². The van der Waals surface area contributed by atoms with E-state index in [1.807, 2.05) is 0 Å². The fourth-order valence-corrected chi connectivity index (χ4v) is 1.74. The van der Waals surface area contributed by atoms with Gasteiger partial charge in [-0.15, -0.1) is 0 Å². The van der Waals surface area contributed by atoms with Crippen molar-refractivity contribution in [3.63, 3.8) is 0 Å². The average molecular weight is 290 g/mol. The zero-order valence-corrected chi connectivity index (χ0v) is 11.9. The number of carbonyl (C=O) groups excluding carboxylic acids is 2. The molecule has 0 aliphatic rings. The molecule has 0 aliphatic heterocycles. The summed E-state index contributed by atoms with van der Waals surface area (Å²) in [4.78, 5) is 33.8. The van der Waals surface area contributed by atoms with Crippen molar-refractivity contribution in [2.45, 2.75) is 19.9 Å². The van der Waals surface area contributed by atoms with Gasteiger partial charge in [0.25, 0.3) is 5.91 Å². The SMILES string of the molecule is CC(C)C(NC(=O)c1cccc(/C=C/C(=O)O)c1)C(N)=O. The lowest BCUT2D eigenvalue weighted by Crippen LogP contribution is -2.47. The molecule has 6 heteroatoms. The minimum absolute atomic E-state index is 0.124. The molecule has 0 saturated carbocycles. The molecule has 0 fully saturated rings. The van der Waals surface area contributed by atoms with Crippen LogP contribution in [0.3, 0.4) is 0 Å². The number of hydrogen-bond acceptors (Lipinski definition) is 3. The van der Waals surface area contributed by atoms with Crippen LogP contribution in [0, 0.1) is 5.92 Å². The second kappa shape index (κ2) is 7.23. The second-order valence-corrected chi connectivity index (χ2v) is 4.89. The van der Waals surface area contributed by atoms with E-state index in [1.165, 1.54) is 12.1 Å². The molecule has 0 saturated heterocycles. The molecule has 21 heavy (non-hydrogen) atoms. The van der Waals surface area contributed by atoms with E-state index in [0.717, 1.165) is 6.08 Å². The van der Waals surface area contributed by atoms with E-state index in [0.29, 0.717) is 11.1 Å². The third kappa shape index (κ3) is 5.10. The van der Waals surface area contributed by atoms with Crippen LogP contribution in [-0.4, -0.2) is 28.9 Å². The molecule has 0 radical (unpaired) electrons. The van der Waals surface area contributed by atoms with E-state index in [1.54, 1.807) is 32.0 Å². The summed E-state index contributed by atoms with van der Waals surface area (Å²) in [5.74, 6) is -2.22. The number of aliphatic carboxylic acids is 1. The summed E-state index contributed by atoms with van der Waals surface area (Å²) in [5, 5.41) is 11.1. The predicted octanol–water partition coefficient (Wildman–Crippen LogP) is 1.02. The molecular weight excluding hydrogens is 272 g/mol. The zero-order chi connectivity index (χ0) is 16.0. The largest absolute Gasteiger partial charge is 0.478 e.